The number of rotatable bonds is 24. The number of ketones is 1. The van der Waals surface area contributed by atoms with Crippen LogP contribution in [-0.4, -0.2) is 93.9 Å². The van der Waals surface area contributed by atoms with Crippen molar-refractivity contribution < 1.29 is 39.6 Å². The van der Waals surface area contributed by atoms with Gasteiger partial charge >= 0.3 is 0 Å². The summed E-state index contributed by atoms with van der Waals surface area (Å²) in [7, 11) is 0. The van der Waals surface area contributed by atoms with Crippen molar-refractivity contribution in [2.24, 2.45) is 5.73 Å². The lowest BCUT2D eigenvalue weighted by molar-refractivity contribution is -0.166. The first kappa shape index (κ1) is 36.4. The molecule has 0 fully saturated rings. The highest BCUT2D eigenvalue weighted by Gasteiger charge is 2.20. The van der Waals surface area contributed by atoms with Crippen LogP contribution in [0.5, 0.6) is 0 Å². The second-order valence-corrected chi connectivity index (χ2v) is 9.45. The van der Waals surface area contributed by atoms with Crippen LogP contribution in [0.3, 0.4) is 0 Å². The van der Waals surface area contributed by atoms with Gasteiger partial charge in [-0.2, -0.15) is 5.48 Å². The molecule has 0 aromatic heterocycles. The number of nitrogens with zero attached hydrogens (tertiary/aromatic N) is 2. The molecule has 0 aromatic rings. The van der Waals surface area contributed by atoms with Gasteiger partial charge in [-0.25, -0.2) is 10.1 Å². The van der Waals surface area contributed by atoms with Gasteiger partial charge in [0.05, 0.1) is 0 Å². The predicted octanol–water partition coefficient (Wildman–Crippen LogP) is 0.621. The molecular weight excluding hydrogens is 512 g/mol. The number of hydrogen-bond donors (Lipinski definition) is 7. The molecule has 14 heteroatoms. The number of nitrogens with two attached hydrogens (primary N) is 1. The molecule has 0 heterocycles. The maximum atomic E-state index is 12.2. The van der Waals surface area contributed by atoms with E-state index in [1.165, 1.54) is 6.92 Å². The van der Waals surface area contributed by atoms with Gasteiger partial charge in [0.15, 0.2) is 0 Å². The molecular formula is C25H48N6O8. The van der Waals surface area contributed by atoms with E-state index < -0.39 is 23.8 Å². The van der Waals surface area contributed by atoms with Gasteiger partial charge in [0, 0.05) is 58.8 Å². The van der Waals surface area contributed by atoms with Gasteiger partial charge in [0.1, 0.15) is 11.8 Å². The Morgan fingerprint density at radius 2 is 1.33 bits per heavy atom. The van der Waals surface area contributed by atoms with E-state index >= 15 is 0 Å². The first-order chi connectivity index (χ1) is 18.6. The molecule has 0 bridgehead atoms. The number of hydroxylamine groups is 5. The lowest BCUT2D eigenvalue weighted by Gasteiger charge is -2.16. The molecule has 0 spiro atoms. The lowest BCUT2D eigenvalue weighted by atomic mass is 10.0. The molecule has 1 unspecified atom stereocenters. The van der Waals surface area contributed by atoms with Gasteiger partial charge in [-0.15, -0.1) is 0 Å². The van der Waals surface area contributed by atoms with Crippen molar-refractivity contribution in [1.29, 1.82) is 0 Å². The maximum Gasteiger partial charge on any atom is 0.246 e. The topological polar surface area (TPSA) is 215 Å². The van der Waals surface area contributed by atoms with E-state index in [2.05, 4.69) is 10.6 Å². The summed E-state index contributed by atoms with van der Waals surface area (Å²) in [6.07, 6.45) is 6.11. The minimum absolute atomic E-state index is 0.0487. The summed E-state index contributed by atoms with van der Waals surface area (Å²) in [6, 6.07) is -1.01. The molecule has 0 aromatic carbocycles. The maximum absolute atomic E-state index is 12.2. The molecule has 0 aliphatic heterocycles. The lowest BCUT2D eigenvalue weighted by Crippen LogP contribution is -2.44. The van der Waals surface area contributed by atoms with Crippen LogP contribution in [0.1, 0.15) is 90.4 Å². The fourth-order valence-electron chi connectivity index (χ4n) is 3.58. The van der Waals surface area contributed by atoms with Crippen LogP contribution in [-0.2, 0) is 24.0 Å². The second-order valence-electron chi connectivity index (χ2n) is 9.45. The van der Waals surface area contributed by atoms with Crippen molar-refractivity contribution in [3.8, 4) is 0 Å². The molecule has 0 radical (unpaired) electrons. The molecule has 0 rings (SSSR count). The number of unbranched alkanes of at least 4 members (excludes halogenated alkanes) is 6. The van der Waals surface area contributed by atoms with E-state index in [0.717, 1.165) is 12.8 Å². The van der Waals surface area contributed by atoms with Crippen LogP contribution in [0.15, 0.2) is 0 Å². The van der Waals surface area contributed by atoms with Crippen molar-refractivity contribution in [3.05, 3.63) is 0 Å². The van der Waals surface area contributed by atoms with Gasteiger partial charge < -0.3 is 21.6 Å². The van der Waals surface area contributed by atoms with Crippen molar-refractivity contribution in [2.45, 2.75) is 96.4 Å². The summed E-state index contributed by atoms with van der Waals surface area (Å²) in [5.74, 6) is -1.87. The summed E-state index contributed by atoms with van der Waals surface area (Å²) < 4.78 is 0. The highest BCUT2D eigenvalue weighted by Crippen LogP contribution is 2.05. The zero-order valence-corrected chi connectivity index (χ0v) is 23.2. The Morgan fingerprint density at radius 1 is 0.744 bits per heavy atom. The van der Waals surface area contributed by atoms with Crippen molar-refractivity contribution in [3.63, 3.8) is 0 Å². The molecule has 0 saturated carbocycles. The Balaban J connectivity index is 3.88. The van der Waals surface area contributed by atoms with Crippen LogP contribution < -0.4 is 21.8 Å². The monoisotopic (exact) mass is 560 g/mol. The number of hydrogen-bond acceptors (Lipinski definition) is 10. The summed E-state index contributed by atoms with van der Waals surface area (Å²) in [5.41, 5.74) is 7.29. The molecule has 0 aliphatic rings. The molecule has 39 heavy (non-hydrogen) atoms. The van der Waals surface area contributed by atoms with E-state index in [1.54, 1.807) is 0 Å². The van der Waals surface area contributed by atoms with Crippen LogP contribution in [0.4, 0.5) is 0 Å². The molecule has 8 N–H and O–H groups in total. The first-order valence-corrected chi connectivity index (χ1v) is 13.7. The Hall–Kier alpha value is -2.65. The zero-order chi connectivity index (χ0) is 29.5. The quantitative estimate of drug-likeness (QED) is 0.0496. The van der Waals surface area contributed by atoms with Crippen LogP contribution >= 0.6 is 0 Å². The largest absolute Gasteiger partial charge is 0.356 e. The van der Waals surface area contributed by atoms with Crippen LogP contribution in [0, 0.1) is 0 Å². The highest BCUT2D eigenvalue weighted by atomic mass is 16.5. The fraction of sp³-hybridized carbons (Fsp3) is 0.800. The standard InChI is InChI=1S/C25H48N6O8/c1-20(32)30(38)17-9-3-7-15-27-23(34)12-13-24(35)31(39)18-10-4-8-16-28-25(36)22(29-37)19-21(33)11-5-2-6-14-26/h22,29,37-39H,2-19,26H2,1H3,(H,27,34)(H,28,36). The second kappa shape index (κ2) is 23.3. The van der Waals surface area contributed by atoms with Crippen molar-refractivity contribution in [2.75, 3.05) is 32.7 Å². The average Bonchev–Trinajstić information content (AvgIpc) is 2.91. The normalized spacial score (nSPS) is 11.5. The highest BCUT2D eigenvalue weighted by molar-refractivity contribution is 5.89. The van der Waals surface area contributed by atoms with E-state index in [1.807, 2.05) is 5.48 Å². The Kier molecular flexibility index (Phi) is 21.7. The molecule has 226 valence electrons. The van der Waals surface area contributed by atoms with Gasteiger partial charge in [-0.05, 0) is 57.9 Å². The fourth-order valence-corrected chi connectivity index (χ4v) is 3.58. The minimum Gasteiger partial charge on any atom is -0.356 e. The Bertz CT molecular complexity index is 739. The average molecular weight is 561 g/mol. The SMILES string of the molecule is CC(=O)N(O)CCCCCNC(=O)CCC(=O)N(O)CCCCCNC(=O)C(CC(=O)CCCCCN)NO. The number of carbonyl (C=O) groups is 5. The minimum atomic E-state index is -1.01. The summed E-state index contributed by atoms with van der Waals surface area (Å²) in [4.78, 5) is 58.8. The molecule has 0 saturated heterocycles. The number of carbonyl (C=O) groups excluding carboxylic acids is 5. The smallest absolute Gasteiger partial charge is 0.246 e. The van der Waals surface area contributed by atoms with E-state index in [0.29, 0.717) is 81.1 Å². The summed E-state index contributed by atoms with van der Waals surface area (Å²) in [5, 5.41) is 34.9. The summed E-state index contributed by atoms with van der Waals surface area (Å²) >= 11 is 0. The van der Waals surface area contributed by atoms with Gasteiger partial charge in [0.25, 0.3) is 0 Å². The number of amides is 4. The van der Waals surface area contributed by atoms with E-state index in [4.69, 9.17) is 5.73 Å². The van der Waals surface area contributed by atoms with Gasteiger partial charge in [-0.1, -0.05) is 6.42 Å². The summed E-state index contributed by atoms with van der Waals surface area (Å²) in [6.45, 7) is 2.90. The first-order valence-electron chi connectivity index (χ1n) is 13.7. The third kappa shape index (κ3) is 20.0. The van der Waals surface area contributed by atoms with Crippen molar-refractivity contribution in [1.82, 2.24) is 26.2 Å². The molecule has 14 nitrogen and oxygen atoms in total. The third-order valence-electron chi connectivity index (χ3n) is 6.00. The Morgan fingerprint density at radius 3 is 1.92 bits per heavy atom. The Labute approximate surface area is 230 Å². The number of Topliss-reactive ketones (excluding diaryl/α,β-unsaturated/α-hetero) is 1. The van der Waals surface area contributed by atoms with Crippen molar-refractivity contribution >= 4 is 29.4 Å². The van der Waals surface area contributed by atoms with E-state index in [-0.39, 0.29) is 44.0 Å². The number of nitrogens with one attached hydrogen (secondary N) is 3. The van der Waals surface area contributed by atoms with Crippen LogP contribution in [0.25, 0.3) is 0 Å². The molecule has 4 amide bonds. The van der Waals surface area contributed by atoms with Crippen LogP contribution in [0.2, 0.25) is 0 Å². The van der Waals surface area contributed by atoms with Gasteiger partial charge in [0.2, 0.25) is 23.6 Å². The third-order valence-corrected chi connectivity index (χ3v) is 6.00. The van der Waals surface area contributed by atoms with E-state index in [9.17, 15) is 39.6 Å². The molecule has 0 aliphatic carbocycles. The van der Waals surface area contributed by atoms with Gasteiger partial charge in [-0.3, -0.25) is 34.4 Å². The molecule has 1 atom stereocenters. The zero-order valence-electron chi connectivity index (χ0n) is 23.2. The predicted molar refractivity (Wildman–Crippen MR) is 141 cm³/mol.